The number of ether oxygens (including phenoxy) is 1. The van der Waals surface area contributed by atoms with Crippen molar-refractivity contribution < 1.29 is 14.3 Å². The van der Waals surface area contributed by atoms with E-state index in [1.807, 2.05) is 24.3 Å². The van der Waals surface area contributed by atoms with Crippen molar-refractivity contribution in [3.63, 3.8) is 0 Å². The highest BCUT2D eigenvalue weighted by molar-refractivity contribution is 5.96. The molecule has 0 bridgehead atoms. The van der Waals surface area contributed by atoms with Crippen LogP contribution in [0.15, 0.2) is 53.3 Å². The summed E-state index contributed by atoms with van der Waals surface area (Å²) < 4.78 is 5.31. The zero-order valence-corrected chi connectivity index (χ0v) is 17.3. The number of aromatic amines is 1. The number of fused-ring (bicyclic) bond motifs is 1. The van der Waals surface area contributed by atoms with Crippen LogP contribution in [-0.2, 0) is 20.7 Å². The second-order valence-corrected chi connectivity index (χ2v) is 7.24. The van der Waals surface area contributed by atoms with Crippen LogP contribution in [0.4, 0.5) is 5.69 Å². The smallest absolute Gasteiger partial charge is 0.312 e. The lowest BCUT2D eigenvalue weighted by atomic mass is 9.97. The van der Waals surface area contributed by atoms with Crippen molar-refractivity contribution in [2.45, 2.75) is 45.6 Å². The van der Waals surface area contributed by atoms with E-state index in [1.165, 1.54) is 6.92 Å². The molecule has 2 aromatic carbocycles. The van der Waals surface area contributed by atoms with E-state index in [2.05, 4.69) is 29.4 Å². The Bertz CT molecular complexity index is 1120. The first-order valence-corrected chi connectivity index (χ1v) is 9.96. The molecule has 1 amide bonds. The van der Waals surface area contributed by atoms with Gasteiger partial charge >= 0.3 is 5.97 Å². The first-order valence-electron chi connectivity index (χ1n) is 9.96. The number of hydrogen-bond donors (Lipinski definition) is 2. The first-order chi connectivity index (χ1) is 14.4. The number of aromatic nitrogens is 2. The molecule has 0 radical (unpaired) electrons. The minimum Gasteiger partial charge on any atom is -0.452 e. The lowest BCUT2D eigenvalue weighted by Gasteiger charge is -2.18. The molecular weight excluding hydrogens is 382 g/mol. The Balaban J connectivity index is 1.68. The molecule has 2 atom stereocenters. The van der Waals surface area contributed by atoms with E-state index in [0.717, 1.165) is 12.0 Å². The van der Waals surface area contributed by atoms with E-state index in [4.69, 9.17) is 4.74 Å². The first kappa shape index (κ1) is 21.2. The summed E-state index contributed by atoms with van der Waals surface area (Å²) in [7, 11) is 0. The Labute approximate surface area is 174 Å². The van der Waals surface area contributed by atoms with Gasteiger partial charge in [-0.1, -0.05) is 50.2 Å². The molecule has 1 heterocycles. The number of hydrogen-bond acceptors (Lipinski definition) is 5. The number of rotatable bonds is 7. The van der Waals surface area contributed by atoms with Gasteiger partial charge in [0.1, 0.15) is 0 Å². The fraction of sp³-hybridized carbons (Fsp3) is 0.304. The van der Waals surface area contributed by atoms with Crippen LogP contribution in [0.5, 0.6) is 0 Å². The van der Waals surface area contributed by atoms with Crippen molar-refractivity contribution in [1.82, 2.24) is 10.2 Å². The van der Waals surface area contributed by atoms with Crippen LogP contribution in [0, 0.1) is 0 Å². The highest BCUT2D eigenvalue weighted by atomic mass is 16.5. The standard InChI is InChI=1S/C23H25N3O4/c1-4-14(2)16-9-7-8-12-19(16)24-22(28)15(3)30-21(27)13-20-17-10-5-6-11-18(17)23(29)26-25-20/h5-12,14-15H,4,13H2,1-3H3,(H,24,28)(H,26,29)/t14-,15-/m0/s1. The van der Waals surface area contributed by atoms with Crippen molar-refractivity contribution in [3.8, 4) is 0 Å². The van der Waals surface area contributed by atoms with Gasteiger partial charge in [0.05, 0.1) is 17.5 Å². The highest BCUT2D eigenvalue weighted by Crippen LogP contribution is 2.26. The maximum atomic E-state index is 12.6. The van der Waals surface area contributed by atoms with Crippen LogP contribution in [0.1, 0.15) is 44.4 Å². The molecule has 0 saturated heterocycles. The molecule has 3 aromatic rings. The molecule has 0 aliphatic heterocycles. The Morgan fingerprint density at radius 2 is 1.73 bits per heavy atom. The van der Waals surface area contributed by atoms with Gasteiger partial charge in [0.2, 0.25) is 0 Å². The van der Waals surface area contributed by atoms with Crippen LogP contribution in [-0.4, -0.2) is 28.2 Å². The molecule has 7 nitrogen and oxygen atoms in total. The summed E-state index contributed by atoms with van der Waals surface area (Å²) in [4.78, 5) is 36.8. The number of H-pyrrole nitrogens is 1. The Morgan fingerprint density at radius 3 is 2.47 bits per heavy atom. The van der Waals surface area contributed by atoms with Gasteiger partial charge in [0.25, 0.3) is 11.5 Å². The van der Waals surface area contributed by atoms with Crippen LogP contribution < -0.4 is 10.9 Å². The van der Waals surface area contributed by atoms with Gasteiger partial charge in [0, 0.05) is 11.1 Å². The quantitative estimate of drug-likeness (QED) is 0.583. The molecule has 0 unspecified atom stereocenters. The summed E-state index contributed by atoms with van der Waals surface area (Å²) in [6, 6.07) is 14.5. The number of para-hydroxylation sites is 1. The predicted molar refractivity (Wildman–Crippen MR) is 115 cm³/mol. The number of esters is 1. The van der Waals surface area contributed by atoms with Gasteiger partial charge in [-0.2, -0.15) is 5.10 Å². The minimum absolute atomic E-state index is 0.154. The molecule has 7 heteroatoms. The summed E-state index contributed by atoms with van der Waals surface area (Å²) in [5, 5.41) is 10.2. The van der Waals surface area contributed by atoms with Gasteiger partial charge in [-0.25, -0.2) is 5.10 Å². The number of carbonyl (C=O) groups excluding carboxylic acids is 2. The molecule has 0 spiro atoms. The summed E-state index contributed by atoms with van der Waals surface area (Å²) in [6.07, 6.45) is -0.188. The second kappa shape index (κ2) is 9.35. The van der Waals surface area contributed by atoms with Gasteiger partial charge in [-0.05, 0) is 37.0 Å². The number of nitrogens with zero attached hydrogens (tertiary/aromatic N) is 1. The zero-order valence-electron chi connectivity index (χ0n) is 17.3. The van der Waals surface area contributed by atoms with Crippen LogP contribution in [0.2, 0.25) is 0 Å². The van der Waals surface area contributed by atoms with Crippen molar-refractivity contribution >= 4 is 28.3 Å². The van der Waals surface area contributed by atoms with E-state index < -0.39 is 18.0 Å². The molecule has 1 aromatic heterocycles. The SMILES string of the molecule is CC[C@H](C)c1ccccc1NC(=O)[C@H](C)OC(=O)Cc1n[nH]c(=O)c2ccccc12. The highest BCUT2D eigenvalue weighted by Gasteiger charge is 2.21. The van der Waals surface area contributed by atoms with Crippen LogP contribution >= 0.6 is 0 Å². The third-order valence-electron chi connectivity index (χ3n) is 5.13. The van der Waals surface area contributed by atoms with E-state index in [-0.39, 0.29) is 12.0 Å². The lowest BCUT2D eigenvalue weighted by molar-refractivity contribution is -0.152. The van der Waals surface area contributed by atoms with Crippen molar-refractivity contribution in [1.29, 1.82) is 0 Å². The molecule has 30 heavy (non-hydrogen) atoms. The summed E-state index contributed by atoms with van der Waals surface area (Å²) in [5.41, 5.74) is 1.82. The number of benzene rings is 2. The average Bonchev–Trinajstić information content (AvgIpc) is 2.75. The maximum Gasteiger partial charge on any atom is 0.312 e. The molecule has 3 rings (SSSR count). The number of amides is 1. The summed E-state index contributed by atoms with van der Waals surface area (Å²) >= 11 is 0. The average molecular weight is 407 g/mol. The lowest BCUT2D eigenvalue weighted by Crippen LogP contribution is -2.31. The van der Waals surface area contributed by atoms with Crippen molar-refractivity contribution in [2.75, 3.05) is 5.32 Å². The summed E-state index contributed by atoms with van der Waals surface area (Å²) in [6.45, 7) is 5.70. The van der Waals surface area contributed by atoms with E-state index >= 15 is 0 Å². The molecular formula is C23H25N3O4. The number of nitrogens with one attached hydrogen (secondary N) is 2. The van der Waals surface area contributed by atoms with Crippen LogP contribution in [0.25, 0.3) is 10.8 Å². The largest absolute Gasteiger partial charge is 0.452 e. The molecule has 0 saturated carbocycles. The molecule has 0 fully saturated rings. The fourth-order valence-corrected chi connectivity index (χ4v) is 3.23. The van der Waals surface area contributed by atoms with E-state index in [9.17, 15) is 14.4 Å². The van der Waals surface area contributed by atoms with Gasteiger partial charge in [-0.15, -0.1) is 0 Å². The van der Waals surface area contributed by atoms with Crippen LogP contribution in [0.3, 0.4) is 0 Å². The number of anilines is 1. The van der Waals surface area contributed by atoms with Gasteiger partial charge in [0.15, 0.2) is 6.10 Å². The zero-order chi connectivity index (χ0) is 21.7. The normalized spacial score (nSPS) is 12.9. The minimum atomic E-state index is -0.975. The van der Waals surface area contributed by atoms with Gasteiger partial charge < -0.3 is 10.1 Å². The molecule has 2 N–H and O–H groups in total. The molecule has 0 aliphatic rings. The predicted octanol–water partition coefficient (Wildman–Crippen LogP) is 3.55. The second-order valence-electron chi connectivity index (χ2n) is 7.24. The maximum absolute atomic E-state index is 12.6. The topological polar surface area (TPSA) is 101 Å². The van der Waals surface area contributed by atoms with Gasteiger partial charge in [-0.3, -0.25) is 14.4 Å². The Morgan fingerprint density at radius 1 is 1.07 bits per heavy atom. The monoisotopic (exact) mass is 407 g/mol. The summed E-state index contributed by atoms with van der Waals surface area (Å²) in [5.74, 6) is -0.713. The fourth-order valence-electron chi connectivity index (χ4n) is 3.23. The molecule has 156 valence electrons. The van der Waals surface area contributed by atoms with Crippen molar-refractivity contribution in [2.24, 2.45) is 0 Å². The third kappa shape index (κ3) is 4.74. The van der Waals surface area contributed by atoms with Crippen molar-refractivity contribution in [3.05, 3.63) is 70.1 Å². The number of carbonyl (C=O) groups is 2. The Hall–Kier alpha value is -3.48. The van der Waals surface area contributed by atoms with E-state index in [0.29, 0.717) is 28.1 Å². The molecule has 0 aliphatic carbocycles. The Kier molecular flexibility index (Phi) is 6.61. The van der Waals surface area contributed by atoms with E-state index in [1.54, 1.807) is 24.3 Å². The third-order valence-corrected chi connectivity index (χ3v) is 5.13.